The van der Waals surface area contributed by atoms with Crippen LogP contribution >= 0.6 is 0 Å². The lowest BCUT2D eigenvalue weighted by Gasteiger charge is -2.32. The molecular weight excluding hydrogens is 276 g/mol. The van der Waals surface area contributed by atoms with Crippen LogP contribution in [0.15, 0.2) is 36.8 Å². The fourth-order valence-electron chi connectivity index (χ4n) is 3.34. The van der Waals surface area contributed by atoms with Gasteiger partial charge in [0.15, 0.2) is 0 Å². The molecule has 1 atom stereocenters. The van der Waals surface area contributed by atoms with Gasteiger partial charge in [0.05, 0.1) is 0 Å². The van der Waals surface area contributed by atoms with Crippen molar-refractivity contribution < 1.29 is 4.79 Å². The number of hydrogen-bond donors (Lipinski definition) is 0. The van der Waals surface area contributed by atoms with Crippen molar-refractivity contribution in [3.05, 3.63) is 42.5 Å². The number of likely N-dealkylation sites (tertiary alicyclic amines) is 1. The lowest BCUT2D eigenvalue weighted by molar-refractivity contribution is -0.133. The standard InChI is InChI=1S/C17H24N4O/c1-14(20-9-3-4-10-20)13-17(22)21-11-6-15(7-12-21)16-5-8-18-19(16)2/h3-5,8-10,14-15H,6-7,11-13H2,1-2H3. The Balaban J connectivity index is 1.53. The van der Waals surface area contributed by atoms with Crippen molar-refractivity contribution in [2.75, 3.05) is 13.1 Å². The summed E-state index contributed by atoms with van der Waals surface area (Å²) in [5.74, 6) is 0.795. The van der Waals surface area contributed by atoms with Gasteiger partial charge in [-0.2, -0.15) is 5.10 Å². The van der Waals surface area contributed by atoms with Crippen LogP contribution in [-0.4, -0.2) is 38.2 Å². The fourth-order valence-corrected chi connectivity index (χ4v) is 3.34. The van der Waals surface area contributed by atoms with Gasteiger partial charge in [0.25, 0.3) is 0 Å². The van der Waals surface area contributed by atoms with E-state index in [1.165, 1.54) is 5.69 Å². The molecule has 0 radical (unpaired) electrons. The van der Waals surface area contributed by atoms with Crippen LogP contribution in [0.4, 0.5) is 0 Å². The Hall–Kier alpha value is -2.04. The van der Waals surface area contributed by atoms with Crippen molar-refractivity contribution in [2.45, 2.75) is 38.1 Å². The molecule has 1 unspecified atom stereocenters. The molecule has 22 heavy (non-hydrogen) atoms. The third kappa shape index (κ3) is 3.08. The molecule has 1 aliphatic heterocycles. The Morgan fingerprint density at radius 3 is 2.59 bits per heavy atom. The van der Waals surface area contributed by atoms with Crippen LogP contribution in [0.5, 0.6) is 0 Å². The Bertz CT molecular complexity index is 608. The van der Waals surface area contributed by atoms with E-state index in [4.69, 9.17) is 0 Å². The summed E-state index contributed by atoms with van der Waals surface area (Å²) in [6, 6.07) is 6.31. The predicted octanol–water partition coefficient (Wildman–Crippen LogP) is 2.58. The minimum absolute atomic E-state index is 0.220. The maximum absolute atomic E-state index is 12.5. The second kappa shape index (κ2) is 6.38. The molecule has 0 aliphatic carbocycles. The summed E-state index contributed by atoms with van der Waals surface area (Å²) < 4.78 is 4.05. The van der Waals surface area contributed by atoms with Crippen LogP contribution in [0.25, 0.3) is 0 Å². The lowest BCUT2D eigenvalue weighted by Crippen LogP contribution is -2.39. The van der Waals surface area contributed by atoms with Gasteiger partial charge in [-0.1, -0.05) is 0 Å². The average molecular weight is 300 g/mol. The Labute approximate surface area is 131 Å². The van der Waals surface area contributed by atoms with Gasteiger partial charge in [0.1, 0.15) is 0 Å². The van der Waals surface area contributed by atoms with Gasteiger partial charge in [-0.3, -0.25) is 9.48 Å². The zero-order chi connectivity index (χ0) is 15.5. The van der Waals surface area contributed by atoms with Crippen LogP contribution in [0.3, 0.4) is 0 Å². The highest BCUT2D eigenvalue weighted by Crippen LogP contribution is 2.28. The molecule has 118 valence electrons. The molecule has 0 N–H and O–H groups in total. The molecule has 0 bridgehead atoms. The van der Waals surface area contributed by atoms with Gasteiger partial charge < -0.3 is 9.47 Å². The van der Waals surface area contributed by atoms with E-state index in [0.29, 0.717) is 12.3 Å². The first-order chi connectivity index (χ1) is 10.6. The molecule has 1 aliphatic rings. The van der Waals surface area contributed by atoms with Gasteiger partial charge >= 0.3 is 0 Å². The number of carbonyl (C=O) groups is 1. The average Bonchev–Trinajstić information content (AvgIpc) is 3.18. The molecule has 3 heterocycles. The minimum atomic E-state index is 0.220. The number of rotatable bonds is 4. The van der Waals surface area contributed by atoms with Crippen molar-refractivity contribution in [1.82, 2.24) is 19.2 Å². The molecule has 3 rings (SSSR count). The normalized spacial score (nSPS) is 17.6. The van der Waals surface area contributed by atoms with Crippen molar-refractivity contribution >= 4 is 5.91 Å². The van der Waals surface area contributed by atoms with Gasteiger partial charge in [-0.15, -0.1) is 0 Å². The number of aromatic nitrogens is 3. The molecular formula is C17H24N4O. The van der Waals surface area contributed by atoms with E-state index in [1.807, 2.05) is 47.4 Å². The largest absolute Gasteiger partial charge is 0.351 e. The predicted molar refractivity (Wildman–Crippen MR) is 85.5 cm³/mol. The van der Waals surface area contributed by atoms with E-state index in [-0.39, 0.29) is 11.9 Å². The van der Waals surface area contributed by atoms with Crippen molar-refractivity contribution in [1.29, 1.82) is 0 Å². The third-order valence-corrected chi connectivity index (χ3v) is 4.73. The smallest absolute Gasteiger partial charge is 0.224 e. The van der Waals surface area contributed by atoms with Gasteiger partial charge in [0.2, 0.25) is 5.91 Å². The molecule has 0 aromatic carbocycles. The third-order valence-electron chi connectivity index (χ3n) is 4.73. The number of nitrogens with zero attached hydrogens (tertiary/aromatic N) is 4. The monoisotopic (exact) mass is 300 g/mol. The van der Waals surface area contributed by atoms with Gasteiger partial charge in [-0.25, -0.2) is 0 Å². The summed E-state index contributed by atoms with van der Waals surface area (Å²) >= 11 is 0. The zero-order valence-corrected chi connectivity index (χ0v) is 13.4. The Kier molecular flexibility index (Phi) is 4.32. The molecule has 1 saturated heterocycles. The number of carbonyl (C=O) groups excluding carboxylic acids is 1. The second-order valence-corrected chi connectivity index (χ2v) is 6.22. The first kappa shape index (κ1) is 14.9. The minimum Gasteiger partial charge on any atom is -0.351 e. The van der Waals surface area contributed by atoms with Crippen LogP contribution in [0.1, 0.15) is 43.8 Å². The first-order valence-electron chi connectivity index (χ1n) is 8.03. The Morgan fingerprint density at radius 2 is 2.00 bits per heavy atom. The van der Waals surface area contributed by atoms with Crippen molar-refractivity contribution in [3.8, 4) is 0 Å². The summed E-state index contributed by atoms with van der Waals surface area (Å²) in [6.45, 7) is 3.81. The van der Waals surface area contributed by atoms with E-state index < -0.39 is 0 Å². The molecule has 1 fully saturated rings. The molecule has 2 aromatic heterocycles. The summed E-state index contributed by atoms with van der Waals surface area (Å²) in [5.41, 5.74) is 1.29. The number of piperidine rings is 1. The lowest BCUT2D eigenvalue weighted by atomic mass is 9.93. The molecule has 5 nitrogen and oxygen atoms in total. The van der Waals surface area contributed by atoms with E-state index in [0.717, 1.165) is 25.9 Å². The van der Waals surface area contributed by atoms with Gasteiger partial charge in [-0.05, 0) is 38.0 Å². The molecule has 0 saturated carbocycles. The van der Waals surface area contributed by atoms with Gasteiger partial charge in [0, 0.05) is 62.8 Å². The zero-order valence-electron chi connectivity index (χ0n) is 13.4. The molecule has 1 amide bonds. The number of aryl methyl sites for hydroxylation is 1. The highest BCUT2D eigenvalue weighted by molar-refractivity contribution is 5.76. The molecule has 2 aromatic rings. The highest BCUT2D eigenvalue weighted by Gasteiger charge is 2.26. The van der Waals surface area contributed by atoms with E-state index >= 15 is 0 Å². The Morgan fingerprint density at radius 1 is 1.32 bits per heavy atom. The summed E-state index contributed by atoms with van der Waals surface area (Å²) in [6.07, 6.45) is 8.53. The number of hydrogen-bond acceptors (Lipinski definition) is 2. The SMILES string of the molecule is CC(CC(=O)N1CCC(c2ccnn2C)CC1)n1cccc1. The van der Waals surface area contributed by atoms with Crippen LogP contribution in [-0.2, 0) is 11.8 Å². The van der Waals surface area contributed by atoms with Crippen LogP contribution in [0, 0.1) is 0 Å². The quantitative estimate of drug-likeness (QED) is 0.871. The summed E-state index contributed by atoms with van der Waals surface area (Å²) in [4.78, 5) is 14.5. The van der Waals surface area contributed by atoms with E-state index in [9.17, 15) is 4.79 Å². The highest BCUT2D eigenvalue weighted by atomic mass is 16.2. The van der Waals surface area contributed by atoms with Crippen molar-refractivity contribution in [3.63, 3.8) is 0 Å². The first-order valence-corrected chi connectivity index (χ1v) is 8.03. The molecule has 0 spiro atoms. The summed E-state index contributed by atoms with van der Waals surface area (Å²) in [5, 5.41) is 4.25. The topological polar surface area (TPSA) is 43.1 Å². The summed E-state index contributed by atoms with van der Waals surface area (Å²) in [7, 11) is 1.99. The van der Waals surface area contributed by atoms with Crippen LogP contribution < -0.4 is 0 Å². The van der Waals surface area contributed by atoms with E-state index in [2.05, 4.69) is 22.7 Å². The van der Waals surface area contributed by atoms with Crippen molar-refractivity contribution in [2.24, 2.45) is 7.05 Å². The van der Waals surface area contributed by atoms with Crippen LogP contribution in [0.2, 0.25) is 0 Å². The fraction of sp³-hybridized carbons (Fsp3) is 0.529. The maximum Gasteiger partial charge on any atom is 0.224 e. The second-order valence-electron chi connectivity index (χ2n) is 6.22. The van der Waals surface area contributed by atoms with E-state index in [1.54, 1.807) is 0 Å². The maximum atomic E-state index is 12.5. The molecule has 5 heteroatoms. The number of amides is 1.